The van der Waals surface area contributed by atoms with Crippen molar-refractivity contribution in [3.63, 3.8) is 0 Å². The highest BCUT2D eigenvalue weighted by molar-refractivity contribution is 7.18. The Morgan fingerprint density at radius 1 is 1.25 bits per heavy atom. The number of hydrogen-bond donors (Lipinski definition) is 1. The number of hydrogen-bond acceptors (Lipinski definition) is 5. The molecule has 5 nitrogen and oxygen atoms in total. The number of amides is 1. The van der Waals surface area contributed by atoms with E-state index >= 15 is 0 Å². The molecule has 1 aromatic heterocycles. The first-order valence-electron chi connectivity index (χ1n) is 9.75. The summed E-state index contributed by atoms with van der Waals surface area (Å²) in [6.07, 6.45) is 2.03. The quantitative estimate of drug-likeness (QED) is 0.685. The third kappa shape index (κ3) is 4.51. The van der Waals surface area contributed by atoms with Gasteiger partial charge in [0.15, 0.2) is 6.23 Å². The second-order valence-corrected chi connectivity index (χ2v) is 8.24. The van der Waals surface area contributed by atoms with Gasteiger partial charge in [-0.1, -0.05) is 30.3 Å². The molecule has 0 spiro atoms. The Balaban J connectivity index is 1.51. The molecule has 0 radical (unpaired) electrons. The van der Waals surface area contributed by atoms with Crippen molar-refractivity contribution in [3.05, 3.63) is 59.6 Å². The van der Waals surface area contributed by atoms with E-state index in [0.717, 1.165) is 37.2 Å². The summed E-state index contributed by atoms with van der Waals surface area (Å²) < 4.78 is 7.48. The van der Waals surface area contributed by atoms with Crippen molar-refractivity contribution < 1.29 is 9.53 Å². The number of piperidine rings is 1. The first-order chi connectivity index (χ1) is 13.7. The highest BCUT2D eigenvalue weighted by atomic mass is 32.1. The molecule has 2 unspecified atom stereocenters. The van der Waals surface area contributed by atoms with E-state index in [1.807, 2.05) is 36.4 Å². The van der Waals surface area contributed by atoms with Crippen LogP contribution in [0.5, 0.6) is 5.75 Å². The van der Waals surface area contributed by atoms with E-state index in [-0.39, 0.29) is 12.1 Å². The maximum Gasteiger partial charge on any atom is 0.217 e. The number of rotatable bonds is 6. The summed E-state index contributed by atoms with van der Waals surface area (Å²) in [5.74, 6) is 1.17. The molecule has 1 saturated heterocycles. The minimum absolute atomic E-state index is 0.0404. The fourth-order valence-corrected chi connectivity index (χ4v) is 4.76. The molecule has 1 aliphatic rings. The number of para-hydroxylation sites is 2. The minimum Gasteiger partial charge on any atom is -0.473 e. The first kappa shape index (κ1) is 18.9. The average Bonchev–Trinajstić information content (AvgIpc) is 3.16. The molecular formula is C22H25N3O2S. The van der Waals surface area contributed by atoms with Gasteiger partial charge in [0.25, 0.3) is 0 Å². The van der Waals surface area contributed by atoms with Crippen molar-refractivity contribution in [1.82, 2.24) is 15.2 Å². The van der Waals surface area contributed by atoms with E-state index in [1.54, 1.807) is 18.3 Å². The van der Waals surface area contributed by atoms with Crippen molar-refractivity contribution in [3.8, 4) is 5.75 Å². The monoisotopic (exact) mass is 395 g/mol. The van der Waals surface area contributed by atoms with Crippen molar-refractivity contribution in [1.29, 1.82) is 0 Å². The predicted molar refractivity (Wildman–Crippen MR) is 113 cm³/mol. The van der Waals surface area contributed by atoms with Crippen molar-refractivity contribution >= 4 is 27.5 Å². The van der Waals surface area contributed by atoms with Crippen LogP contribution in [0.2, 0.25) is 0 Å². The summed E-state index contributed by atoms with van der Waals surface area (Å²) in [6.45, 7) is 3.85. The minimum atomic E-state index is -0.191. The third-order valence-electron chi connectivity index (χ3n) is 5.06. The van der Waals surface area contributed by atoms with E-state index in [0.29, 0.717) is 12.5 Å². The number of aromatic nitrogens is 1. The van der Waals surface area contributed by atoms with Crippen LogP contribution in [0.1, 0.15) is 30.7 Å². The fraction of sp³-hybridized carbons (Fsp3) is 0.364. The summed E-state index contributed by atoms with van der Waals surface area (Å²) in [7, 11) is 0. The normalized spacial score (nSPS) is 18.7. The maximum atomic E-state index is 11.5. The fourth-order valence-electron chi connectivity index (χ4n) is 3.67. The summed E-state index contributed by atoms with van der Waals surface area (Å²) in [4.78, 5) is 18.7. The average molecular weight is 396 g/mol. The standard InChI is InChI=1S/C22H25N3O2S/c1-16(26)23-14-21(27-18-9-3-2-4-10-18)25-13-7-8-17(15-25)22-24-19-11-5-6-12-20(19)28-22/h2-6,9-12,17,21H,7-8,13-15H2,1H3,(H,23,26). The molecule has 0 aliphatic carbocycles. The van der Waals surface area contributed by atoms with E-state index < -0.39 is 0 Å². The summed E-state index contributed by atoms with van der Waals surface area (Å²) in [6, 6.07) is 18.1. The molecule has 0 bridgehead atoms. The van der Waals surface area contributed by atoms with Crippen LogP contribution in [0.25, 0.3) is 10.2 Å². The van der Waals surface area contributed by atoms with E-state index in [2.05, 4.69) is 28.4 Å². The SMILES string of the molecule is CC(=O)NCC(Oc1ccccc1)N1CCCC(c2nc3ccccc3s2)C1. The lowest BCUT2D eigenvalue weighted by Gasteiger charge is -2.37. The molecule has 2 atom stereocenters. The lowest BCUT2D eigenvalue weighted by atomic mass is 9.98. The molecule has 1 N–H and O–H groups in total. The molecule has 6 heteroatoms. The van der Waals surface area contributed by atoms with Crippen molar-refractivity contribution in [2.75, 3.05) is 19.6 Å². The van der Waals surface area contributed by atoms with Gasteiger partial charge >= 0.3 is 0 Å². The van der Waals surface area contributed by atoms with Gasteiger partial charge in [-0.25, -0.2) is 4.98 Å². The zero-order valence-electron chi connectivity index (χ0n) is 16.0. The largest absolute Gasteiger partial charge is 0.473 e. The van der Waals surface area contributed by atoms with Gasteiger partial charge in [-0.2, -0.15) is 0 Å². The van der Waals surface area contributed by atoms with Crippen LogP contribution >= 0.6 is 11.3 Å². The van der Waals surface area contributed by atoms with E-state index in [9.17, 15) is 4.79 Å². The Morgan fingerprint density at radius 3 is 2.82 bits per heavy atom. The topological polar surface area (TPSA) is 54.5 Å². The summed E-state index contributed by atoms with van der Waals surface area (Å²) in [5, 5.41) is 4.12. The zero-order valence-corrected chi connectivity index (χ0v) is 16.8. The number of carbonyl (C=O) groups is 1. The van der Waals surface area contributed by atoms with Crippen LogP contribution in [-0.4, -0.2) is 41.7 Å². The Hall–Kier alpha value is -2.44. The highest BCUT2D eigenvalue weighted by Gasteiger charge is 2.29. The lowest BCUT2D eigenvalue weighted by molar-refractivity contribution is -0.120. The number of benzene rings is 2. The number of nitrogens with zero attached hydrogens (tertiary/aromatic N) is 2. The lowest BCUT2D eigenvalue weighted by Crippen LogP contribution is -2.50. The Bertz CT molecular complexity index is 895. The van der Waals surface area contributed by atoms with Gasteiger partial charge in [-0.3, -0.25) is 9.69 Å². The number of nitrogens with one attached hydrogen (secondary N) is 1. The molecule has 1 aliphatic heterocycles. The molecule has 2 heterocycles. The van der Waals surface area contributed by atoms with Crippen molar-refractivity contribution in [2.45, 2.75) is 31.9 Å². The molecule has 3 aromatic rings. The third-order valence-corrected chi connectivity index (χ3v) is 6.26. The molecule has 28 heavy (non-hydrogen) atoms. The van der Waals surface area contributed by atoms with Crippen LogP contribution in [0.3, 0.4) is 0 Å². The summed E-state index contributed by atoms with van der Waals surface area (Å²) >= 11 is 1.79. The zero-order chi connectivity index (χ0) is 19.3. The van der Waals surface area contributed by atoms with Gasteiger partial charge in [0, 0.05) is 25.9 Å². The Kier molecular flexibility index (Phi) is 5.88. The summed E-state index contributed by atoms with van der Waals surface area (Å²) in [5.41, 5.74) is 1.08. The van der Waals surface area contributed by atoms with Gasteiger partial charge in [0.1, 0.15) is 5.75 Å². The molecular weight excluding hydrogens is 370 g/mol. The molecule has 1 fully saturated rings. The Labute approximate surface area is 169 Å². The van der Waals surface area contributed by atoms with E-state index in [1.165, 1.54) is 9.71 Å². The van der Waals surface area contributed by atoms with Crippen LogP contribution in [0.15, 0.2) is 54.6 Å². The molecule has 1 amide bonds. The number of likely N-dealkylation sites (tertiary alicyclic amines) is 1. The molecule has 0 saturated carbocycles. The molecule has 4 rings (SSSR count). The first-order valence-corrected chi connectivity index (χ1v) is 10.6. The Morgan fingerprint density at radius 2 is 2.04 bits per heavy atom. The second-order valence-electron chi connectivity index (χ2n) is 7.18. The number of ether oxygens (including phenoxy) is 1. The molecule has 146 valence electrons. The van der Waals surface area contributed by atoms with Gasteiger partial charge in [-0.15, -0.1) is 11.3 Å². The number of fused-ring (bicyclic) bond motifs is 1. The van der Waals surface area contributed by atoms with Crippen molar-refractivity contribution in [2.24, 2.45) is 0 Å². The van der Waals surface area contributed by atoms with Gasteiger partial charge in [0.05, 0.1) is 21.8 Å². The number of carbonyl (C=O) groups excluding carboxylic acids is 1. The van der Waals surface area contributed by atoms with Crippen LogP contribution < -0.4 is 10.1 Å². The van der Waals surface area contributed by atoms with E-state index in [4.69, 9.17) is 9.72 Å². The van der Waals surface area contributed by atoms with Gasteiger partial charge in [-0.05, 0) is 37.1 Å². The van der Waals surface area contributed by atoms with Crippen LogP contribution in [0, 0.1) is 0 Å². The molecule has 2 aromatic carbocycles. The van der Waals surface area contributed by atoms with Crippen LogP contribution in [-0.2, 0) is 4.79 Å². The highest BCUT2D eigenvalue weighted by Crippen LogP contribution is 2.33. The van der Waals surface area contributed by atoms with Gasteiger partial charge < -0.3 is 10.1 Å². The van der Waals surface area contributed by atoms with Crippen LogP contribution in [0.4, 0.5) is 0 Å². The number of thiazole rings is 1. The smallest absolute Gasteiger partial charge is 0.217 e. The predicted octanol–water partition coefficient (Wildman–Crippen LogP) is 4.02. The maximum absolute atomic E-state index is 11.5. The second kappa shape index (κ2) is 8.71. The van der Waals surface area contributed by atoms with Gasteiger partial charge in [0.2, 0.25) is 5.91 Å².